The van der Waals surface area contributed by atoms with Gasteiger partial charge in [0.25, 0.3) is 0 Å². The maximum absolute atomic E-state index is 13.7. The molecule has 0 aliphatic heterocycles. The summed E-state index contributed by atoms with van der Waals surface area (Å²) >= 11 is 0. The summed E-state index contributed by atoms with van der Waals surface area (Å²) < 4.78 is 18.8. The third-order valence-electron chi connectivity index (χ3n) is 2.87. The van der Waals surface area contributed by atoms with Crippen molar-refractivity contribution in [2.45, 2.75) is 13.8 Å². The summed E-state index contributed by atoms with van der Waals surface area (Å²) in [6.07, 6.45) is 0. The van der Waals surface area contributed by atoms with Crippen LogP contribution < -0.4 is 10.5 Å². The molecule has 0 aliphatic carbocycles. The standard InChI is InChI=1S/C15H16FNO/c1-9-4-10(2)6-11(5-9)12-7-13(16)15(17)14(8-12)18-3/h4-8H,17H2,1-3H3. The number of ether oxygens (including phenoxy) is 1. The SMILES string of the molecule is COc1cc(-c2cc(C)cc(C)c2)cc(F)c1N. The summed E-state index contributed by atoms with van der Waals surface area (Å²) in [6, 6.07) is 9.29. The number of halogens is 1. The lowest BCUT2D eigenvalue weighted by atomic mass is 10.00. The first-order valence-electron chi connectivity index (χ1n) is 5.73. The summed E-state index contributed by atoms with van der Waals surface area (Å²) in [6.45, 7) is 4.03. The number of rotatable bonds is 2. The second-order valence-corrected chi connectivity index (χ2v) is 4.45. The minimum atomic E-state index is -0.455. The van der Waals surface area contributed by atoms with Crippen LogP contribution in [0.4, 0.5) is 10.1 Å². The van der Waals surface area contributed by atoms with Gasteiger partial charge in [-0.2, -0.15) is 0 Å². The van der Waals surface area contributed by atoms with Crippen molar-refractivity contribution < 1.29 is 9.13 Å². The smallest absolute Gasteiger partial charge is 0.150 e. The molecule has 94 valence electrons. The highest BCUT2D eigenvalue weighted by molar-refractivity contribution is 5.71. The van der Waals surface area contributed by atoms with Crippen LogP contribution in [-0.4, -0.2) is 7.11 Å². The Morgan fingerprint density at radius 1 is 0.944 bits per heavy atom. The van der Waals surface area contributed by atoms with Gasteiger partial charge < -0.3 is 10.5 Å². The molecule has 18 heavy (non-hydrogen) atoms. The molecule has 0 atom stereocenters. The van der Waals surface area contributed by atoms with Gasteiger partial charge in [-0.05, 0) is 37.1 Å². The highest BCUT2D eigenvalue weighted by atomic mass is 19.1. The van der Waals surface area contributed by atoms with Crippen LogP contribution >= 0.6 is 0 Å². The van der Waals surface area contributed by atoms with Gasteiger partial charge in [-0.3, -0.25) is 0 Å². The van der Waals surface area contributed by atoms with Gasteiger partial charge in [0.15, 0.2) is 5.82 Å². The summed E-state index contributed by atoms with van der Waals surface area (Å²) in [5.74, 6) is -0.0901. The molecule has 0 aliphatic rings. The predicted molar refractivity (Wildman–Crippen MR) is 72.3 cm³/mol. The molecule has 0 aromatic heterocycles. The second kappa shape index (κ2) is 4.69. The first kappa shape index (κ1) is 12.4. The van der Waals surface area contributed by atoms with Crippen LogP contribution in [-0.2, 0) is 0 Å². The molecule has 0 fully saturated rings. The van der Waals surface area contributed by atoms with Gasteiger partial charge in [-0.25, -0.2) is 4.39 Å². The molecule has 2 aromatic carbocycles. The van der Waals surface area contributed by atoms with Crippen molar-refractivity contribution in [1.82, 2.24) is 0 Å². The molecule has 0 bridgehead atoms. The quantitative estimate of drug-likeness (QED) is 0.819. The Hall–Kier alpha value is -2.03. The number of nitrogens with two attached hydrogens (primary N) is 1. The maximum atomic E-state index is 13.7. The van der Waals surface area contributed by atoms with Crippen LogP contribution in [0.25, 0.3) is 11.1 Å². The molecular weight excluding hydrogens is 229 g/mol. The lowest BCUT2D eigenvalue weighted by Gasteiger charge is -2.10. The van der Waals surface area contributed by atoms with Gasteiger partial charge in [-0.1, -0.05) is 29.3 Å². The molecule has 0 spiro atoms. The van der Waals surface area contributed by atoms with Crippen LogP contribution in [0.15, 0.2) is 30.3 Å². The van der Waals surface area contributed by atoms with E-state index in [1.54, 1.807) is 6.07 Å². The van der Waals surface area contributed by atoms with Crippen LogP contribution in [0.2, 0.25) is 0 Å². The third-order valence-corrected chi connectivity index (χ3v) is 2.87. The minimum Gasteiger partial charge on any atom is -0.494 e. The molecule has 0 saturated carbocycles. The first-order valence-corrected chi connectivity index (χ1v) is 5.73. The summed E-state index contributed by atoms with van der Waals surface area (Å²) in [7, 11) is 1.48. The van der Waals surface area contributed by atoms with Crippen molar-refractivity contribution in [3.05, 3.63) is 47.3 Å². The molecular formula is C15H16FNO. The molecule has 0 amide bonds. The minimum absolute atomic E-state index is 0.0469. The molecule has 0 saturated heterocycles. The average molecular weight is 245 g/mol. The van der Waals surface area contributed by atoms with Crippen molar-refractivity contribution >= 4 is 5.69 Å². The zero-order valence-electron chi connectivity index (χ0n) is 10.8. The fourth-order valence-electron chi connectivity index (χ4n) is 2.07. The first-order chi connectivity index (χ1) is 8.51. The van der Waals surface area contributed by atoms with E-state index in [-0.39, 0.29) is 5.69 Å². The topological polar surface area (TPSA) is 35.2 Å². The van der Waals surface area contributed by atoms with E-state index < -0.39 is 5.82 Å². The van der Waals surface area contributed by atoms with E-state index in [1.165, 1.54) is 13.2 Å². The fourth-order valence-corrected chi connectivity index (χ4v) is 2.07. The molecule has 2 N–H and O–H groups in total. The predicted octanol–water partition coefficient (Wildman–Crippen LogP) is 3.70. The van der Waals surface area contributed by atoms with Crippen molar-refractivity contribution in [1.29, 1.82) is 0 Å². The van der Waals surface area contributed by atoms with E-state index in [4.69, 9.17) is 10.5 Å². The largest absolute Gasteiger partial charge is 0.494 e. The normalized spacial score (nSPS) is 10.4. The van der Waals surface area contributed by atoms with E-state index in [1.807, 2.05) is 26.0 Å². The Labute approximate surface area is 106 Å². The second-order valence-electron chi connectivity index (χ2n) is 4.45. The molecule has 3 heteroatoms. The van der Waals surface area contributed by atoms with Crippen LogP contribution in [0.1, 0.15) is 11.1 Å². The van der Waals surface area contributed by atoms with Gasteiger partial charge in [0.1, 0.15) is 11.4 Å². The molecule has 2 nitrogen and oxygen atoms in total. The van der Waals surface area contributed by atoms with E-state index >= 15 is 0 Å². The van der Waals surface area contributed by atoms with Gasteiger partial charge >= 0.3 is 0 Å². The van der Waals surface area contributed by atoms with Crippen molar-refractivity contribution in [2.24, 2.45) is 0 Å². The van der Waals surface area contributed by atoms with E-state index in [0.29, 0.717) is 5.75 Å². The third kappa shape index (κ3) is 2.30. The summed E-state index contributed by atoms with van der Waals surface area (Å²) in [5.41, 5.74) is 9.66. The van der Waals surface area contributed by atoms with Crippen LogP contribution in [0, 0.1) is 19.7 Å². The van der Waals surface area contributed by atoms with Crippen molar-refractivity contribution in [3.63, 3.8) is 0 Å². The Balaban J connectivity index is 2.60. The van der Waals surface area contributed by atoms with Gasteiger partial charge in [-0.15, -0.1) is 0 Å². The number of hydrogen-bond acceptors (Lipinski definition) is 2. The summed E-state index contributed by atoms with van der Waals surface area (Å²) in [5, 5.41) is 0. The van der Waals surface area contributed by atoms with Crippen LogP contribution in [0.3, 0.4) is 0 Å². The van der Waals surface area contributed by atoms with Crippen molar-refractivity contribution in [3.8, 4) is 16.9 Å². The molecule has 0 heterocycles. The number of aryl methyl sites for hydroxylation is 2. The zero-order valence-corrected chi connectivity index (χ0v) is 10.8. The lowest BCUT2D eigenvalue weighted by Crippen LogP contribution is -1.97. The fraction of sp³-hybridized carbons (Fsp3) is 0.200. The number of nitrogen functional groups attached to an aromatic ring is 1. The Morgan fingerprint density at radius 2 is 1.50 bits per heavy atom. The van der Waals surface area contributed by atoms with E-state index in [2.05, 4.69) is 6.07 Å². The zero-order chi connectivity index (χ0) is 13.3. The highest BCUT2D eigenvalue weighted by Crippen LogP contribution is 2.32. The monoisotopic (exact) mass is 245 g/mol. The number of hydrogen-bond donors (Lipinski definition) is 1. The van der Waals surface area contributed by atoms with E-state index in [9.17, 15) is 4.39 Å². The number of methoxy groups -OCH3 is 1. The van der Waals surface area contributed by atoms with Crippen LogP contribution in [0.5, 0.6) is 5.75 Å². The number of anilines is 1. The Morgan fingerprint density at radius 3 is 2.06 bits per heavy atom. The molecule has 0 radical (unpaired) electrons. The molecule has 0 unspecified atom stereocenters. The van der Waals surface area contributed by atoms with Gasteiger partial charge in [0.05, 0.1) is 7.11 Å². The lowest BCUT2D eigenvalue weighted by molar-refractivity contribution is 0.414. The summed E-state index contributed by atoms with van der Waals surface area (Å²) in [4.78, 5) is 0. The van der Waals surface area contributed by atoms with Gasteiger partial charge in [0.2, 0.25) is 0 Å². The average Bonchev–Trinajstić information content (AvgIpc) is 2.31. The highest BCUT2D eigenvalue weighted by Gasteiger charge is 2.10. The maximum Gasteiger partial charge on any atom is 0.150 e. The van der Waals surface area contributed by atoms with Crippen molar-refractivity contribution in [2.75, 3.05) is 12.8 Å². The van der Waals surface area contributed by atoms with E-state index in [0.717, 1.165) is 22.3 Å². The Kier molecular flexibility index (Phi) is 3.24. The Bertz CT molecular complexity index is 573. The molecule has 2 rings (SSSR count). The number of benzene rings is 2. The van der Waals surface area contributed by atoms with Gasteiger partial charge in [0, 0.05) is 0 Å². The molecule has 2 aromatic rings.